The fourth-order valence-corrected chi connectivity index (χ4v) is 2.72. The second kappa shape index (κ2) is 8.47. The number of ether oxygens (including phenoxy) is 2. The topological polar surface area (TPSA) is 111 Å². The number of benzene rings is 2. The Morgan fingerprint density at radius 2 is 1.90 bits per heavy atom. The zero-order valence-electron chi connectivity index (χ0n) is 16.2. The predicted molar refractivity (Wildman–Crippen MR) is 105 cm³/mol. The van der Waals surface area contributed by atoms with Gasteiger partial charge in [-0.05, 0) is 50.2 Å². The molecule has 3 aromatic rings. The lowest BCUT2D eigenvalue weighted by Gasteiger charge is -2.12. The Morgan fingerprint density at radius 3 is 2.55 bits per heavy atom. The molecule has 0 fully saturated rings. The van der Waals surface area contributed by atoms with Crippen LogP contribution in [-0.2, 0) is 6.61 Å². The minimum Gasteiger partial charge on any atom is -0.493 e. The second-order valence-electron chi connectivity index (χ2n) is 6.30. The van der Waals surface area contributed by atoms with E-state index in [1.165, 1.54) is 19.2 Å². The summed E-state index contributed by atoms with van der Waals surface area (Å²) in [5, 5.41) is 15.6. The van der Waals surface area contributed by atoms with Crippen LogP contribution in [-0.4, -0.2) is 29.2 Å². The van der Waals surface area contributed by atoms with Crippen molar-refractivity contribution in [2.24, 2.45) is 0 Å². The number of aromatic nitrogens is 1. The number of methoxy groups -OCH3 is 1. The molecule has 1 heterocycles. The van der Waals surface area contributed by atoms with Gasteiger partial charge in [-0.1, -0.05) is 11.2 Å². The SMILES string of the molecule is COc1cc(C(=O)Nc2cccc(C(=O)O)c2)ccc1OCc1c(C)noc1C. The van der Waals surface area contributed by atoms with Crippen molar-refractivity contribution in [1.29, 1.82) is 0 Å². The van der Waals surface area contributed by atoms with Crippen molar-refractivity contribution in [3.05, 3.63) is 70.6 Å². The van der Waals surface area contributed by atoms with Crippen LogP contribution < -0.4 is 14.8 Å². The molecule has 8 nitrogen and oxygen atoms in total. The number of aromatic carboxylic acids is 1. The van der Waals surface area contributed by atoms with Crippen LogP contribution in [0.15, 0.2) is 47.0 Å². The summed E-state index contributed by atoms with van der Waals surface area (Å²) in [5.74, 6) is 0.0763. The summed E-state index contributed by atoms with van der Waals surface area (Å²) in [4.78, 5) is 23.6. The number of carbonyl (C=O) groups excluding carboxylic acids is 1. The molecule has 1 aromatic heterocycles. The molecule has 0 bridgehead atoms. The van der Waals surface area contributed by atoms with Crippen LogP contribution in [0.3, 0.4) is 0 Å². The van der Waals surface area contributed by atoms with Crippen LogP contribution in [0.5, 0.6) is 11.5 Å². The molecule has 0 saturated heterocycles. The van der Waals surface area contributed by atoms with E-state index in [9.17, 15) is 9.59 Å². The fraction of sp³-hybridized carbons (Fsp3) is 0.190. The Kier molecular flexibility index (Phi) is 5.82. The highest BCUT2D eigenvalue weighted by Crippen LogP contribution is 2.30. The first-order valence-electron chi connectivity index (χ1n) is 8.76. The summed E-state index contributed by atoms with van der Waals surface area (Å²) < 4.78 is 16.3. The van der Waals surface area contributed by atoms with Crippen LogP contribution in [0.1, 0.15) is 37.7 Å². The van der Waals surface area contributed by atoms with Gasteiger partial charge >= 0.3 is 5.97 Å². The number of hydrogen-bond donors (Lipinski definition) is 2. The number of nitrogens with one attached hydrogen (secondary N) is 1. The number of carboxylic acid groups (broad SMARTS) is 1. The first-order valence-corrected chi connectivity index (χ1v) is 8.76. The van der Waals surface area contributed by atoms with Crippen molar-refractivity contribution in [1.82, 2.24) is 5.16 Å². The van der Waals surface area contributed by atoms with Gasteiger partial charge in [-0.2, -0.15) is 0 Å². The summed E-state index contributed by atoms with van der Waals surface area (Å²) in [6.45, 7) is 3.90. The third-order valence-corrected chi connectivity index (χ3v) is 4.35. The van der Waals surface area contributed by atoms with Gasteiger partial charge in [0, 0.05) is 11.3 Å². The molecule has 1 amide bonds. The van der Waals surface area contributed by atoms with Gasteiger partial charge in [0.1, 0.15) is 12.4 Å². The molecule has 0 aliphatic heterocycles. The van der Waals surface area contributed by atoms with E-state index in [1.54, 1.807) is 30.3 Å². The van der Waals surface area contributed by atoms with Crippen LogP contribution >= 0.6 is 0 Å². The van der Waals surface area contributed by atoms with Crippen molar-refractivity contribution in [2.75, 3.05) is 12.4 Å². The number of carbonyl (C=O) groups is 2. The number of nitrogens with zero attached hydrogens (tertiary/aromatic N) is 1. The number of carboxylic acids is 1. The van der Waals surface area contributed by atoms with Gasteiger partial charge in [-0.25, -0.2) is 4.79 Å². The number of hydrogen-bond acceptors (Lipinski definition) is 6. The van der Waals surface area contributed by atoms with E-state index in [1.807, 2.05) is 13.8 Å². The molecular weight excluding hydrogens is 376 g/mol. The molecule has 8 heteroatoms. The monoisotopic (exact) mass is 396 g/mol. The largest absolute Gasteiger partial charge is 0.493 e. The lowest BCUT2D eigenvalue weighted by atomic mass is 10.1. The Bertz CT molecular complexity index is 1040. The number of amides is 1. The normalized spacial score (nSPS) is 10.4. The third kappa shape index (κ3) is 4.55. The Balaban J connectivity index is 1.74. The van der Waals surface area contributed by atoms with Crippen molar-refractivity contribution < 1.29 is 28.7 Å². The number of anilines is 1. The molecule has 0 saturated carbocycles. The second-order valence-corrected chi connectivity index (χ2v) is 6.30. The summed E-state index contributed by atoms with van der Waals surface area (Å²) in [6.07, 6.45) is 0. The molecule has 0 aliphatic carbocycles. The van der Waals surface area contributed by atoms with E-state index in [0.29, 0.717) is 28.5 Å². The summed E-state index contributed by atoms with van der Waals surface area (Å²) in [6, 6.07) is 10.8. The maximum absolute atomic E-state index is 12.5. The number of rotatable bonds is 7. The molecule has 0 spiro atoms. The van der Waals surface area contributed by atoms with Crippen molar-refractivity contribution in [2.45, 2.75) is 20.5 Å². The average molecular weight is 396 g/mol. The predicted octanol–water partition coefficient (Wildman–Crippen LogP) is 3.83. The standard InChI is InChI=1S/C21H20N2O6/c1-12-17(13(2)29-23-12)11-28-18-8-7-14(10-19(18)27-3)20(24)22-16-6-4-5-15(9-16)21(25)26/h4-10H,11H2,1-3H3,(H,22,24)(H,25,26). The van der Waals surface area contributed by atoms with Gasteiger partial charge in [0.25, 0.3) is 5.91 Å². The highest BCUT2D eigenvalue weighted by Gasteiger charge is 2.15. The van der Waals surface area contributed by atoms with Gasteiger partial charge in [-0.15, -0.1) is 0 Å². The van der Waals surface area contributed by atoms with Crippen LogP contribution in [0.25, 0.3) is 0 Å². The van der Waals surface area contributed by atoms with Gasteiger partial charge in [0.05, 0.1) is 23.9 Å². The Hall–Kier alpha value is -3.81. The molecule has 2 aromatic carbocycles. The first-order chi connectivity index (χ1) is 13.9. The third-order valence-electron chi connectivity index (χ3n) is 4.35. The fourth-order valence-electron chi connectivity index (χ4n) is 2.72. The van der Waals surface area contributed by atoms with E-state index in [2.05, 4.69) is 10.5 Å². The van der Waals surface area contributed by atoms with E-state index in [-0.39, 0.29) is 12.2 Å². The molecule has 0 atom stereocenters. The highest BCUT2D eigenvalue weighted by molar-refractivity contribution is 6.05. The molecule has 150 valence electrons. The quantitative estimate of drug-likeness (QED) is 0.624. The summed E-state index contributed by atoms with van der Waals surface area (Å²) in [5.41, 5.74) is 2.41. The minimum atomic E-state index is -1.07. The molecule has 0 aliphatic rings. The highest BCUT2D eigenvalue weighted by atomic mass is 16.5. The molecule has 0 unspecified atom stereocenters. The van der Waals surface area contributed by atoms with E-state index >= 15 is 0 Å². The lowest BCUT2D eigenvalue weighted by Crippen LogP contribution is -2.12. The number of aryl methyl sites for hydroxylation is 2. The summed E-state index contributed by atoms with van der Waals surface area (Å²) >= 11 is 0. The van der Waals surface area contributed by atoms with Gasteiger partial charge < -0.3 is 24.4 Å². The first kappa shape index (κ1) is 19.9. The molecule has 2 N–H and O–H groups in total. The maximum atomic E-state index is 12.5. The van der Waals surface area contributed by atoms with E-state index < -0.39 is 11.9 Å². The summed E-state index contributed by atoms with van der Waals surface area (Å²) in [7, 11) is 1.48. The molecular formula is C21H20N2O6. The van der Waals surface area contributed by atoms with E-state index in [4.69, 9.17) is 19.1 Å². The average Bonchev–Trinajstić information content (AvgIpc) is 3.04. The van der Waals surface area contributed by atoms with Crippen molar-refractivity contribution in [3.63, 3.8) is 0 Å². The van der Waals surface area contributed by atoms with Crippen LogP contribution in [0.2, 0.25) is 0 Å². The van der Waals surface area contributed by atoms with Crippen LogP contribution in [0, 0.1) is 13.8 Å². The van der Waals surface area contributed by atoms with Gasteiger partial charge in [0.2, 0.25) is 0 Å². The van der Waals surface area contributed by atoms with Crippen molar-refractivity contribution >= 4 is 17.6 Å². The molecule has 0 radical (unpaired) electrons. The van der Waals surface area contributed by atoms with Gasteiger partial charge in [-0.3, -0.25) is 4.79 Å². The van der Waals surface area contributed by atoms with Crippen molar-refractivity contribution in [3.8, 4) is 11.5 Å². The lowest BCUT2D eigenvalue weighted by molar-refractivity contribution is 0.0696. The molecule has 29 heavy (non-hydrogen) atoms. The maximum Gasteiger partial charge on any atom is 0.335 e. The zero-order chi connectivity index (χ0) is 21.0. The smallest absolute Gasteiger partial charge is 0.335 e. The minimum absolute atomic E-state index is 0.0865. The molecule has 3 rings (SSSR count). The zero-order valence-corrected chi connectivity index (χ0v) is 16.2. The van der Waals surface area contributed by atoms with E-state index in [0.717, 1.165) is 11.3 Å². The van der Waals surface area contributed by atoms with Gasteiger partial charge in [0.15, 0.2) is 11.5 Å². The Labute approximate surface area is 167 Å². The Morgan fingerprint density at radius 1 is 1.10 bits per heavy atom. The van der Waals surface area contributed by atoms with Crippen LogP contribution in [0.4, 0.5) is 5.69 Å².